The van der Waals surface area contributed by atoms with Gasteiger partial charge in [0.05, 0.1) is 17.0 Å². The van der Waals surface area contributed by atoms with Gasteiger partial charge in [-0.15, -0.1) is 0 Å². The molecule has 6 nitrogen and oxygen atoms in total. The number of likely N-dealkylation sites (tertiary alicyclic amines) is 1. The van der Waals surface area contributed by atoms with Crippen molar-refractivity contribution in [1.29, 1.82) is 0 Å². The van der Waals surface area contributed by atoms with Crippen LogP contribution in [0.1, 0.15) is 23.7 Å². The Bertz CT molecular complexity index is 962. The van der Waals surface area contributed by atoms with Crippen LogP contribution in [0, 0.1) is 5.92 Å². The number of rotatable bonds is 4. The molecule has 2 heterocycles. The summed E-state index contributed by atoms with van der Waals surface area (Å²) < 4.78 is 0. The SMILES string of the molecule is CCNC(=O)C1CCN(C(=O)c2cccc(-c3nc4ccccc4[nH]3)c2)C1. The van der Waals surface area contributed by atoms with Crippen molar-refractivity contribution >= 4 is 22.8 Å². The molecule has 1 aliphatic heterocycles. The van der Waals surface area contributed by atoms with E-state index in [9.17, 15) is 9.59 Å². The molecule has 2 aromatic carbocycles. The molecule has 0 bridgehead atoms. The average molecular weight is 362 g/mol. The quantitative estimate of drug-likeness (QED) is 0.749. The fourth-order valence-corrected chi connectivity index (χ4v) is 3.55. The fraction of sp³-hybridized carbons (Fsp3) is 0.286. The average Bonchev–Trinajstić information content (AvgIpc) is 3.35. The van der Waals surface area contributed by atoms with Gasteiger partial charge in [0.1, 0.15) is 5.82 Å². The Balaban J connectivity index is 1.54. The first-order valence-electron chi connectivity index (χ1n) is 9.28. The van der Waals surface area contributed by atoms with E-state index in [0.29, 0.717) is 31.6 Å². The van der Waals surface area contributed by atoms with Gasteiger partial charge < -0.3 is 15.2 Å². The van der Waals surface area contributed by atoms with Gasteiger partial charge in [0.2, 0.25) is 5.91 Å². The van der Waals surface area contributed by atoms with Gasteiger partial charge in [-0.05, 0) is 37.6 Å². The van der Waals surface area contributed by atoms with Crippen molar-refractivity contribution in [2.75, 3.05) is 19.6 Å². The molecular formula is C21H22N4O2. The summed E-state index contributed by atoms with van der Waals surface area (Å²) in [7, 11) is 0. The van der Waals surface area contributed by atoms with Gasteiger partial charge >= 0.3 is 0 Å². The minimum atomic E-state index is -0.118. The van der Waals surface area contributed by atoms with Crippen molar-refractivity contribution in [3.63, 3.8) is 0 Å². The first-order chi connectivity index (χ1) is 13.2. The number of amides is 2. The molecule has 4 rings (SSSR count). The normalized spacial score (nSPS) is 16.6. The summed E-state index contributed by atoms with van der Waals surface area (Å²) in [5.41, 5.74) is 3.35. The molecule has 1 aromatic heterocycles. The zero-order chi connectivity index (χ0) is 18.8. The molecule has 0 radical (unpaired) electrons. The lowest BCUT2D eigenvalue weighted by Gasteiger charge is -2.17. The number of aromatic nitrogens is 2. The van der Waals surface area contributed by atoms with E-state index in [1.165, 1.54) is 0 Å². The number of hydrogen-bond donors (Lipinski definition) is 2. The van der Waals surface area contributed by atoms with Gasteiger partial charge in [0, 0.05) is 30.8 Å². The standard InChI is InChI=1S/C21H22N4O2/c1-2-22-20(26)16-10-11-25(13-16)21(27)15-7-5-6-14(12-15)19-23-17-8-3-4-9-18(17)24-19/h3-9,12,16H,2,10-11,13H2,1H3,(H,22,26)(H,23,24). The maximum absolute atomic E-state index is 12.9. The highest BCUT2D eigenvalue weighted by Crippen LogP contribution is 2.24. The lowest BCUT2D eigenvalue weighted by molar-refractivity contribution is -0.124. The van der Waals surface area contributed by atoms with Crippen LogP contribution in [-0.2, 0) is 4.79 Å². The number of nitrogens with one attached hydrogen (secondary N) is 2. The van der Waals surface area contributed by atoms with Crippen LogP contribution in [0.3, 0.4) is 0 Å². The lowest BCUT2D eigenvalue weighted by Crippen LogP contribution is -2.34. The van der Waals surface area contributed by atoms with E-state index in [-0.39, 0.29) is 17.7 Å². The van der Waals surface area contributed by atoms with E-state index in [4.69, 9.17) is 0 Å². The molecule has 0 spiro atoms. The van der Waals surface area contributed by atoms with Gasteiger partial charge in [-0.1, -0.05) is 24.3 Å². The Labute approximate surface area is 157 Å². The zero-order valence-corrected chi connectivity index (χ0v) is 15.2. The third-order valence-corrected chi connectivity index (χ3v) is 4.97. The summed E-state index contributed by atoms with van der Waals surface area (Å²) in [5, 5.41) is 2.84. The number of carbonyl (C=O) groups excluding carboxylic acids is 2. The predicted molar refractivity (Wildman–Crippen MR) is 104 cm³/mol. The first-order valence-corrected chi connectivity index (χ1v) is 9.28. The van der Waals surface area contributed by atoms with E-state index >= 15 is 0 Å². The molecule has 6 heteroatoms. The highest BCUT2D eigenvalue weighted by Gasteiger charge is 2.31. The van der Waals surface area contributed by atoms with E-state index in [2.05, 4.69) is 15.3 Å². The van der Waals surface area contributed by atoms with Crippen LogP contribution in [0.25, 0.3) is 22.4 Å². The lowest BCUT2D eigenvalue weighted by atomic mass is 10.1. The molecule has 1 atom stereocenters. The minimum Gasteiger partial charge on any atom is -0.356 e. The van der Waals surface area contributed by atoms with Crippen molar-refractivity contribution in [2.45, 2.75) is 13.3 Å². The number of benzene rings is 2. The number of H-pyrrole nitrogens is 1. The second kappa shape index (κ2) is 7.23. The Morgan fingerprint density at radius 2 is 2.07 bits per heavy atom. The Morgan fingerprint density at radius 3 is 2.89 bits per heavy atom. The highest BCUT2D eigenvalue weighted by molar-refractivity contribution is 5.96. The van der Waals surface area contributed by atoms with Crippen LogP contribution in [0.5, 0.6) is 0 Å². The van der Waals surface area contributed by atoms with E-state index in [1.807, 2.05) is 55.5 Å². The summed E-state index contributed by atoms with van der Waals surface area (Å²) in [6, 6.07) is 15.3. The smallest absolute Gasteiger partial charge is 0.253 e. The number of nitrogens with zero attached hydrogens (tertiary/aromatic N) is 2. The van der Waals surface area contributed by atoms with Crippen molar-refractivity contribution in [3.05, 3.63) is 54.1 Å². The van der Waals surface area contributed by atoms with Gasteiger partial charge in [-0.3, -0.25) is 9.59 Å². The summed E-state index contributed by atoms with van der Waals surface area (Å²) in [4.78, 5) is 34.6. The largest absolute Gasteiger partial charge is 0.356 e. The topological polar surface area (TPSA) is 78.1 Å². The van der Waals surface area contributed by atoms with Crippen molar-refractivity contribution in [3.8, 4) is 11.4 Å². The Kier molecular flexibility index (Phi) is 4.62. The van der Waals surface area contributed by atoms with Crippen molar-refractivity contribution in [1.82, 2.24) is 20.2 Å². The monoisotopic (exact) mass is 362 g/mol. The van der Waals surface area contributed by atoms with E-state index in [1.54, 1.807) is 4.90 Å². The molecule has 1 unspecified atom stereocenters. The molecule has 1 aliphatic rings. The molecule has 0 saturated carbocycles. The molecule has 138 valence electrons. The number of imidazole rings is 1. The second-order valence-electron chi connectivity index (χ2n) is 6.81. The van der Waals surface area contributed by atoms with Gasteiger partial charge in [-0.2, -0.15) is 0 Å². The maximum Gasteiger partial charge on any atom is 0.253 e. The predicted octanol–water partition coefficient (Wildman–Crippen LogP) is 2.83. The molecule has 27 heavy (non-hydrogen) atoms. The van der Waals surface area contributed by atoms with Crippen LogP contribution >= 0.6 is 0 Å². The Hall–Kier alpha value is -3.15. The van der Waals surface area contributed by atoms with E-state index < -0.39 is 0 Å². The number of aromatic amines is 1. The molecule has 2 N–H and O–H groups in total. The summed E-state index contributed by atoms with van der Waals surface area (Å²) in [6.07, 6.45) is 0.709. The maximum atomic E-state index is 12.9. The molecule has 1 fully saturated rings. The van der Waals surface area contributed by atoms with Crippen LogP contribution < -0.4 is 5.32 Å². The number of carbonyl (C=O) groups is 2. The second-order valence-corrected chi connectivity index (χ2v) is 6.81. The molecular weight excluding hydrogens is 340 g/mol. The minimum absolute atomic E-state index is 0.0313. The van der Waals surface area contributed by atoms with Crippen molar-refractivity contribution < 1.29 is 9.59 Å². The fourth-order valence-electron chi connectivity index (χ4n) is 3.55. The number of fused-ring (bicyclic) bond motifs is 1. The van der Waals surface area contributed by atoms with Crippen LogP contribution in [0.2, 0.25) is 0 Å². The zero-order valence-electron chi connectivity index (χ0n) is 15.2. The molecule has 3 aromatic rings. The first kappa shape index (κ1) is 17.3. The molecule has 0 aliphatic carbocycles. The summed E-state index contributed by atoms with van der Waals surface area (Å²) in [5.74, 6) is 0.614. The summed E-state index contributed by atoms with van der Waals surface area (Å²) >= 11 is 0. The van der Waals surface area contributed by atoms with Crippen LogP contribution in [-0.4, -0.2) is 46.3 Å². The summed E-state index contributed by atoms with van der Waals surface area (Å²) in [6.45, 7) is 3.59. The number of hydrogen-bond acceptors (Lipinski definition) is 3. The van der Waals surface area contributed by atoms with E-state index in [0.717, 1.165) is 22.4 Å². The van der Waals surface area contributed by atoms with Crippen molar-refractivity contribution in [2.24, 2.45) is 5.92 Å². The third-order valence-electron chi connectivity index (χ3n) is 4.97. The number of para-hydroxylation sites is 2. The third kappa shape index (κ3) is 3.43. The van der Waals surface area contributed by atoms with Gasteiger partial charge in [-0.25, -0.2) is 4.98 Å². The van der Waals surface area contributed by atoms with Crippen LogP contribution in [0.15, 0.2) is 48.5 Å². The molecule has 2 amide bonds. The highest BCUT2D eigenvalue weighted by atomic mass is 16.2. The van der Waals surface area contributed by atoms with Gasteiger partial charge in [0.15, 0.2) is 0 Å². The van der Waals surface area contributed by atoms with Crippen LogP contribution in [0.4, 0.5) is 0 Å². The Morgan fingerprint density at radius 1 is 1.22 bits per heavy atom. The van der Waals surface area contributed by atoms with Gasteiger partial charge in [0.25, 0.3) is 5.91 Å². The molecule has 1 saturated heterocycles.